The molecule has 30 heavy (non-hydrogen) atoms. The molecule has 0 radical (unpaired) electrons. The van der Waals surface area contributed by atoms with Gasteiger partial charge in [-0.2, -0.15) is 0 Å². The number of nitro groups is 1. The summed E-state index contributed by atoms with van der Waals surface area (Å²) < 4.78 is 5.68. The van der Waals surface area contributed by atoms with Gasteiger partial charge in [-0.05, 0) is 30.7 Å². The Morgan fingerprint density at radius 3 is 2.73 bits per heavy atom. The molecule has 1 aliphatic heterocycles. The fraction of sp³-hybridized carbons (Fsp3) is 0.261. The first-order chi connectivity index (χ1) is 14.5. The number of hydrogen-bond acceptors (Lipinski definition) is 4. The van der Waals surface area contributed by atoms with Gasteiger partial charge in [0.2, 0.25) is 0 Å². The van der Waals surface area contributed by atoms with Crippen molar-refractivity contribution in [3.05, 3.63) is 99.0 Å². The lowest BCUT2D eigenvalue weighted by Gasteiger charge is -2.31. The first-order valence-electron chi connectivity index (χ1n) is 10.0. The van der Waals surface area contributed by atoms with Gasteiger partial charge in [0.25, 0.3) is 11.6 Å². The fourth-order valence-electron chi connectivity index (χ4n) is 4.08. The monoisotopic (exact) mass is 406 g/mol. The molecule has 0 fully saturated rings. The van der Waals surface area contributed by atoms with Crippen LogP contribution in [0.4, 0.5) is 5.69 Å². The van der Waals surface area contributed by atoms with E-state index in [1.165, 1.54) is 22.1 Å². The van der Waals surface area contributed by atoms with Crippen molar-refractivity contribution < 1.29 is 19.0 Å². The molecule has 1 aliphatic rings. The summed E-state index contributed by atoms with van der Waals surface area (Å²) in [5, 5.41) is 14.1. The SMILES string of the molecule is Cc1ccc(C(=O)NC[C@H](c2ccco2)[NH+]2CCc3ccccc3C2)cc1[N+](=O)[O-]. The summed E-state index contributed by atoms with van der Waals surface area (Å²) in [7, 11) is 0. The Balaban J connectivity index is 1.51. The highest BCUT2D eigenvalue weighted by Crippen LogP contribution is 2.20. The summed E-state index contributed by atoms with van der Waals surface area (Å²) in [5.74, 6) is 0.492. The number of rotatable bonds is 6. The maximum Gasteiger partial charge on any atom is 0.273 e. The predicted molar refractivity (Wildman–Crippen MR) is 111 cm³/mol. The number of aryl methyl sites for hydroxylation is 1. The number of nitrogens with one attached hydrogen (secondary N) is 2. The van der Waals surface area contributed by atoms with Crippen LogP contribution in [0.25, 0.3) is 0 Å². The Kier molecular flexibility index (Phi) is 5.63. The smallest absolute Gasteiger partial charge is 0.273 e. The van der Waals surface area contributed by atoms with Gasteiger partial charge in [0.1, 0.15) is 6.54 Å². The van der Waals surface area contributed by atoms with Crippen molar-refractivity contribution in [2.75, 3.05) is 13.1 Å². The van der Waals surface area contributed by atoms with Crippen LogP contribution < -0.4 is 10.2 Å². The number of amides is 1. The number of nitro benzene ring substituents is 1. The van der Waals surface area contributed by atoms with Crippen molar-refractivity contribution in [1.29, 1.82) is 0 Å². The van der Waals surface area contributed by atoms with E-state index < -0.39 is 4.92 Å². The topological polar surface area (TPSA) is 89.8 Å². The van der Waals surface area contributed by atoms with Crippen molar-refractivity contribution in [2.45, 2.75) is 25.9 Å². The molecule has 2 N–H and O–H groups in total. The average molecular weight is 406 g/mol. The molecule has 2 aromatic carbocycles. The van der Waals surface area contributed by atoms with E-state index in [1.807, 2.05) is 12.1 Å². The zero-order valence-corrected chi connectivity index (χ0v) is 16.8. The molecule has 1 amide bonds. The van der Waals surface area contributed by atoms with E-state index in [0.717, 1.165) is 25.3 Å². The summed E-state index contributed by atoms with van der Waals surface area (Å²) in [6.07, 6.45) is 2.62. The minimum absolute atomic E-state index is 0.0438. The zero-order valence-electron chi connectivity index (χ0n) is 16.8. The van der Waals surface area contributed by atoms with Crippen LogP contribution in [0.5, 0.6) is 0 Å². The van der Waals surface area contributed by atoms with Crippen molar-refractivity contribution in [3.8, 4) is 0 Å². The van der Waals surface area contributed by atoms with Crippen LogP contribution in [0.2, 0.25) is 0 Å². The van der Waals surface area contributed by atoms with Crippen LogP contribution in [0.1, 0.15) is 38.9 Å². The van der Waals surface area contributed by atoms with E-state index in [1.54, 1.807) is 25.3 Å². The molecule has 1 unspecified atom stereocenters. The Bertz CT molecular complexity index is 1060. The first kappa shape index (κ1) is 19.8. The third kappa shape index (κ3) is 4.11. The Morgan fingerprint density at radius 1 is 1.20 bits per heavy atom. The minimum Gasteiger partial charge on any atom is -0.463 e. The lowest BCUT2D eigenvalue weighted by atomic mass is 9.98. The van der Waals surface area contributed by atoms with E-state index in [2.05, 4.69) is 29.6 Å². The minimum atomic E-state index is -0.465. The van der Waals surface area contributed by atoms with Crippen molar-refractivity contribution in [2.24, 2.45) is 0 Å². The molecule has 0 bridgehead atoms. The molecule has 0 saturated heterocycles. The van der Waals surface area contributed by atoms with E-state index in [4.69, 9.17) is 4.42 Å². The summed E-state index contributed by atoms with van der Waals surface area (Å²) >= 11 is 0. The van der Waals surface area contributed by atoms with Gasteiger partial charge < -0.3 is 14.6 Å². The third-order valence-electron chi connectivity index (χ3n) is 5.77. The lowest BCUT2D eigenvalue weighted by Crippen LogP contribution is -3.12. The predicted octanol–water partition coefficient (Wildman–Crippen LogP) is 2.61. The number of fused-ring (bicyclic) bond motifs is 1. The van der Waals surface area contributed by atoms with Gasteiger partial charge >= 0.3 is 0 Å². The molecule has 1 aromatic heterocycles. The maximum atomic E-state index is 12.7. The summed E-state index contributed by atoms with van der Waals surface area (Å²) in [5.41, 5.74) is 3.45. The molecule has 7 heteroatoms. The van der Waals surface area contributed by atoms with Gasteiger partial charge in [0, 0.05) is 29.2 Å². The largest absolute Gasteiger partial charge is 0.463 e. The van der Waals surface area contributed by atoms with Crippen LogP contribution in [0, 0.1) is 17.0 Å². The number of hydrogen-bond donors (Lipinski definition) is 2. The van der Waals surface area contributed by atoms with Gasteiger partial charge in [-0.15, -0.1) is 0 Å². The van der Waals surface area contributed by atoms with Crippen LogP contribution >= 0.6 is 0 Å². The molecule has 3 aromatic rings. The second kappa shape index (κ2) is 8.51. The van der Waals surface area contributed by atoms with Gasteiger partial charge in [-0.25, -0.2) is 0 Å². The van der Waals surface area contributed by atoms with Crippen LogP contribution in [0.15, 0.2) is 65.3 Å². The van der Waals surface area contributed by atoms with Crippen molar-refractivity contribution in [3.63, 3.8) is 0 Å². The normalized spacial score (nSPS) is 16.5. The van der Waals surface area contributed by atoms with E-state index in [-0.39, 0.29) is 23.2 Å². The molecule has 0 spiro atoms. The van der Waals surface area contributed by atoms with Gasteiger partial charge in [0.05, 0.1) is 24.3 Å². The highest BCUT2D eigenvalue weighted by atomic mass is 16.6. The Morgan fingerprint density at radius 2 is 2.00 bits per heavy atom. The van der Waals surface area contributed by atoms with Crippen molar-refractivity contribution >= 4 is 11.6 Å². The Hall–Kier alpha value is -3.45. The molecular weight excluding hydrogens is 382 g/mol. The molecule has 154 valence electrons. The number of nitrogens with zero attached hydrogens (tertiary/aromatic N) is 1. The maximum absolute atomic E-state index is 12.7. The van der Waals surface area contributed by atoms with Crippen LogP contribution in [-0.4, -0.2) is 23.9 Å². The van der Waals surface area contributed by atoms with Gasteiger partial charge in [0.15, 0.2) is 11.8 Å². The van der Waals surface area contributed by atoms with Gasteiger partial charge in [-0.3, -0.25) is 14.9 Å². The number of benzene rings is 2. The summed E-state index contributed by atoms with van der Waals surface area (Å²) in [4.78, 5) is 24.7. The second-order valence-electron chi connectivity index (χ2n) is 7.64. The van der Waals surface area contributed by atoms with Crippen molar-refractivity contribution in [1.82, 2.24) is 5.32 Å². The average Bonchev–Trinajstić information content (AvgIpc) is 3.28. The van der Waals surface area contributed by atoms with Crippen LogP contribution in [0.3, 0.4) is 0 Å². The molecule has 0 aliphatic carbocycles. The third-order valence-corrected chi connectivity index (χ3v) is 5.77. The molecule has 2 atom stereocenters. The number of carbonyl (C=O) groups excluding carboxylic acids is 1. The van der Waals surface area contributed by atoms with E-state index in [9.17, 15) is 14.9 Å². The summed E-state index contributed by atoms with van der Waals surface area (Å²) in [6.45, 7) is 3.83. The first-order valence-corrected chi connectivity index (χ1v) is 10.0. The lowest BCUT2D eigenvalue weighted by molar-refractivity contribution is -0.946. The van der Waals surface area contributed by atoms with E-state index in [0.29, 0.717) is 12.1 Å². The Labute approximate surface area is 174 Å². The molecule has 7 nitrogen and oxygen atoms in total. The molecule has 4 rings (SSSR count). The molecule has 2 heterocycles. The van der Waals surface area contributed by atoms with Crippen LogP contribution in [-0.2, 0) is 13.0 Å². The van der Waals surface area contributed by atoms with E-state index >= 15 is 0 Å². The number of carbonyl (C=O) groups is 1. The fourth-order valence-corrected chi connectivity index (χ4v) is 4.08. The second-order valence-corrected chi connectivity index (χ2v) is 7.64. The van der Waals surface area contributed by atoms with Gasteiger partial charge in [-0.1, -0.05) is 30.3 Å². The highest BCUT2D eigenvalue weighted by molar-refractivity contribution is 5.95. The number of furan rings is 1. The zero-order chi connectivity index (χ0) is 21.1. The quantitative estimate of drug-likeness (QED) is 0.486. The number of quaternary nitrogens is 1. The summed E-state index contributed by atoms with van der Waals surface area (Å²) in [6, 6.07) is 16.7. The molecule has 0 saturated carbocycles. The highest BCUT2D eigenvalue weighted by Gasteiger charge is 2.30. The standard InChI is InChI=1S/C23H23N3O4/c1-16-8-9-18(13-20(16)26(28)29)23(27)24-14-21(22-7-4-12-30-22)25-11-10-17-5-2-3-6-19(17)15-25/h2-9,12-13,21H,10-11,14-15H2,1H3,(H,24,27)/p+1/t21-/m1/s1. The molecular formula is C23H24N3O4+.